The van der Waals surface area contributed by atoms with Crippen molar-refractivity contribution in [2.45, 2.75) is 18.8 Å². The number of likely N-dealkylation sites (tertiary alicyclic amines) is 1. The Labute approximate surface area is 153 Å². The zero-order valence-corrected chi connectivity index (χ0v) is 14.3. The number of hydrogen-bond acceptors (Lipinski definition) is 7. The summed E-state index contributed by atoms with van der Waals surface area (Å²) in [5.74, 6) is 1.07. The highest BCUT2D eigenvalue weighted by atomic mass is 16.3. The molecule has 1 fully saturated rings. The zero-order valence-electron chi connectivity index (χ0n) is 14.3. The van der Waals surface area contributed by atoms with E-state index in [-0.39, 0.29) is 17.6 Å². The molecule has 27 heavy (non-hydrogen) atoms. The quantitative estimate of drug-likeness (QED) is 0.586. The zero-order chi connectivity index (χ0) is 18.2. The molecule has 1 amide bonds. The smallest absolute Gasteiger partial charge is 0.291 e. The van der Waals surface area contributed by atoms with Crippen molar-refractivity contribution in [2.75, 3.05) is 13.1 Å². The molecule has 4 aromatic rings. The normalized spacial score (nSPS) is 17.5. The molecule has 10 heteroatoms. The molecule has 1 saturated heterocycles. The molecule has 1 atom stereocenters. The number of fused-ring (bicyclic) bond motifs is 1. The fourth-order valence-corrected chi connectivity index (χ4v) is 3.35. The van der Waals surface area contributed by atoms with Gasteiger partial charge in [0.2, 0.25) is 5.82 Å². The van der Waals surface area contributed by atoms with E-state index in [0.717, 1.165) is 23.9 Å². The van der Waals surface area contributed by atoms with E-state index in [1.807, 2.05) is 24.3 Å². The average molecular weight is 364 g/mol. The van der Waals surface area contributed by atoms with Crippen molar-refractivity contribution in [3.8, 4) is 5.95 Å². The molecule has 5 rings (SSSR count). The summed E-state index contributed by atoms with van der Waals surface area (Å²) in [6.45, 7) is 1.20. The van der Waals surface area contributed by atoms with Crippen LogP contribution in [0.2, 0.25) is 0 Å². The van der Waals surface area contributed by atoms with Gasteiger partial charge in [-0.15, -0.1) is 15.3 Å². The van der Waals surface area contributed by atoms with Crippen molar-refractivity contribution < 1.29 is 9.21 Å². The van der Waals surface area contributed by atoms with Crippen LogP contribution in [-0.2, 0) is 0 Å². The summed E-state index contributed by atoms with van der Waals surface area (Å²) in [6, 6.07) is 7.68. The molecule has 3 aromatic heterocycles. The van der Waals surface area contributed by atoms with Crippen LogP contribution in [-0.4, -0.2) is 58.8 Å². The van der Waals surface area contributed by atoms with Crippen molar-refractivity contribution in [1.82, 2.24) is 39.8 Å². The van der Waals surface area contributed by atoms with Crippen LogP contribution in [0.4, 0.5) is 0 Å². The number of hydrogen-bond donors (Lipinski definition) is 1. The summed E-state index contributed by atoms with van der Waals surface area (Å²) < 4.78 is 7.42. The first-order valence-electron chi connectivity index (χ1n) is 8.70. The molecule has 1 aliphatic rings. The van der Waals surface area contributed by atoms with E-state index in [1.54, 1.807) is 4.90 Å². The number of aromatic nitrogens is 7. The SMILES string of the molecule is O=C(c1nc(-n2cnnc2)n[nH]1)N1CCCC(c2nc3ccccc3o2)C1. The first-order valence-corrected chi connectivity index (χ1v) is 8.70. The van der Waals surface area contributed by atoms with E-state index in [1.165, 1.54) is 17.2 Å². The van der Waals surface area contributed by atoms with Crippen LogP contribution < -0.4 is 0 Å². The largest absolute Gasteiger partial charge is 0.440 e. The molecular weight excluding hydrogens is 348 g/mol. The number of oxazole rings is 1. The van der Waals surface area contributed by atoms with Gasteiger partial charge in [0.15, 0.2) is 11.5 Å². The number of nitrogens with zero attached hydrogens (tertiary/aromatic N) is 7. The molecule has 136 valence electrons. The van der Waals surface area contributed by atoms with Gasteiger partial charge >= 0.3 is 0 Å². The van der Waals surface area contributed by atoms with Gasteiger partial charge in [0.05, 0.1) is 5.92 Å². The molecule has 0 radical (unpaired) electrons. The second-order valence-electron chi connectivity index (χ2n) is 6.46. The summed E-state index contributed by atoms with van der Waals surface area (Å²) in [5, 5.41) is 14.2. The maximum Gasteiger partial charge on any atom is 0.291 e. The predicted octanol–water partition coefficient (Wildman–Crippen LogP) is 1.55. The third-order valence-corrected chi connectivity index (χ3v) is 4.69. The first kappa shape index (κ1) is 15.7. The number of para-hydroxylation sites is 2. The molecule has 1 unspecified atom stereocenters. The van der Waals surface area contributed by atoms with Crippen LogP contribution in [0.1, 0.15) is 35.3 Å². The second kappa shape index (κ2) is 6.31. The fourth-order valence-electron chi connectivity index (χ4n) is 3.35. The molecule has 0 aliphatic carbocycles. The minimum absolute atomic E-state index is 0.0651. The molecular formula is C17H16N8O2. The Hall–Kier alpha value is -3.56. The van der Waals surface area contributed by atoms with Crippen LogP contribution in [0.25, 0.3) is 17.0 Å². The Morgan fingerprint density at radius 3 is 2.89 bits per heavy atom. The van der Waals surface area contributed by atoms with Crippen molar-refractivity contribution >= 4 is 17.0 Å². The van der Waals surface area contributed by atoms with Gasteiger partial charge in [0.1, 0.15) is 18.2 Å². The van der Waals surface area contributed by atoms with Gasteiger partial charge < -0.3 is 9.32 Å². The number of nitrogens with one attached hydrogen (secondary N) is 1. The van der Waals surface area contributed by atoms with Gasteiger partial charge in [-0.2, -0.15) is 4.98 Å². The summed E-state index contributed by atoms with van der Waals surface area (Å²) >= 11 is 0. The van der Waals surface area contributed by atoms with E-state index in [2.05, 4.69) is 30.4 Å². The third kappa shape index (κ3) is 2.84. The van der Waals surface area contributed by atoms with Crippen molar-refractivity contribution in [3.63, 3.8) is 0 Å². The van der Waals surface area contributed by atoms with E-state index in [9.17, 15) is 4.79 Å². The molecule has 1 aromatic carbocycles. The number of H-pyrrole nitrogens is 1. The Morgan fingerprint density at radius 2 is 2.04 bits per heavy atom. The van der Waals surface area contributed by atoms with E-state index in [0.29, 0.717) is 24.9 Å². The van der Waals surface area contributed by atoms with Gasteiger partial charge in [-0.25, -0.2) is 4.98 Å². The van der Waals surface area contributed by atoms with Gasteiger partial charge in [0, 0.05) is 13.1 Å². The minimum atomic E-state index is -0.192. The maximum atomic E-state index is 12.8. The van der Waals surface area contributed by atoms with E-state index >= 15 is 0 Å². The number of benzene rings is 1. The van der Waals surface area contributed by atoms with Crippen LogP contribution in [0.3, 0.4) is 0 Å². The summed E-state index contributed by atoms with van der Waals surface area (Å²) in [7, 11) is 0. The van der Waals surface area contributed by atoms with Gasteiger partial charge in [-0.1, -0.05) is 12.1 Å². The predicted molar refractivity (Wildman–Crippen MR) is 93.2 cm³/mol. The second-order valence-corrected chi connectivity index (χ2v) is 6.46. The summed E-state index contributed by atoms with van der Waals surface area (Å²) in [6.07, 6.45) is 4.75. The van der Waals surface area contributed by atoms with Gasteiger partial charge in [-0.05, 0) is 25.0 Å². The number of carbonyl (C=O) groups excluding carboxylic acids is 1. The van der Waals surface area contributed by atoms with Crippen molar-refractivity contribution in [2.24, 2.45) is 0 Å². The monoisotopic (exact) mass is 364 g/mol. The summed E-state index contributed by atoms with van der Waals surface area (Å²) in [5.41, 5.74) is 1.61. The average Bonchev–Trinajstić information content (AvgIpc) is 3.47. The third-order valence-electron chi connectivity index (χ3n) is 4.69. The lowest BCUT2D eigenvalue weighted by atomic mass is 9.98. The van der Waals surface area contributed by atoms with Gasteiger partial charge in [0.25, 0.3) is 11.9 Å². The Kier molecular flexibility index (Phi) is 3.66. The molecule has 0 spiro atoms. The maximum absolute atomic E-state index is 12.8. The number of carbonyl (C=O) groups is 1. The molecule has 4 heterocycles. The van der Waals surface area contributed by atoms with E-state index in [4.69, 9.17) is 4.42 Å². The van der Waals surface area contributed by atoms with Crippen LogP contribution in [0.5, 0.6) is 0 Å². The lowest BCUT2D eigenvalue weighted by Gasteiger charge is -2.30. The number of piperidine rings is 1. The van der Waals surface area contributed by atoms with E-state index < -0.39 is 0 Å². The standard InChI is InChI=1S/C17H16N8O2/c26-16(14-21-17(23-22-14)25-9-18-19-10-25)24-7-3-4-11(8-24)15-20-12-5-1-2-6-13(12)27-15/h1-2,5-6,9-11H,3-4,7-8H2,(H,21,22,23). The highest BCUT2D eigenvalue weighted by Crippen LogP contribution is 2.29. The topological polar surface area (TPSA) is 119 Å². The van der Waals surface area contributed by atoms with Crippen molar-refractivity contribution in [3.05, 3.63) is 48.6 Å². The molecule has 10 nitrogen and oxygen atoms in total. The lowest BCUT2D eigenvalue weighted by molar-refractivity contribution is 0.0687. The Bertz CT molecular complexity index is 1050. The van der Waals surface area contributed by atoms with Crippen LogP contribution >= 0.6 is 0 Å². The lowest BCUT2D eigenvalue weighted by Crippen LogP contribution is -2.39. The van der Waals surface area contributed by atoms with Gasteiger partial charge in [-0.3, -0.25) is 14.5 Å². The highest BCUT2D eigenvalue weighted by molar-refractivity contribution is 5.90. The molecule has 1 aliphatic heterocycles. The minimum Gasteiger partial charge on any atom is -0.440 e. The molecule has 0 saturated carbocycles. The number of amides is 1. The highest BCUT2D eigenvalue weighted by Gasteiger charge is 2.30. The number of aromatic amines is 1. The molecule has 1 N–H and O–H groups in total. The van der Waals surface area contributed by atoms with Crippen LogP contribution in [0.15, 0.2) is 41.3 Å². The Balaban J connectivity index is 1.35. The van der Waals surface area contributed by atoms with Crippen LogP contribution in [0, 0.1) is 0 Å². The number of rotatable bonds is 3. The Morgan fingerprint density at radius 1 is 1.19 bits per heavy atom. The fraction of sp³-hybridized carbons (Fsp3) is 0.294. The van der Waals surface area contributed by atoms with Crippen molar-refractivity contribution in [1.29, 1.82) is 0 Å². The molecule has 0 bridgehead atoms. The first-order chi connectivity index (χ1) is 13.3. The summed E-state index contributed by atoms with van der Waals surface area (Å²) in [4.78, 5) is 23.4.